The zero-order chi connectivity index (χ0) is 48.8. The van der Waals surface area contributed by atoms with Crippen LogP contribution in [0, 0.1) is 11.3 Å². The van der Waals surface area contributed by atoms with E-state index in [2.05, 4.69) is 52.2 Å². The third-order valence-corrected chi connectivity index (χ3v) is 15.1. The molecule has 17 heteroatoms. The van der Waals surface area contributed by atoms with Crippen LogP contribution in [0.25, 0.3) is 11.2 Å². The molecule has 6 atom stereocenters. The van der Waals surface area contributed by atoms with Crippen LogP contribution in [0.5, 0.6) is 23.1 Å². The van der Waals surface area contributed by atoms with Crippen molar-refractivity contribution >= 4 is 31.5 Å². The summed E-state index contributed by atoms with van der Waals surface area (Å²) in [6, 6.07) is 47.5. The molecule has 364 valence electrons. The SMILES string of the molecule is COc1ccc(C(OC[C@H]2O[C@@H](n3cnc4c(OCCC#N)nc(NC(=O)COc5ccccc5)nc43)C[C@@H]2OP2O[C@](C)(c3ccccc3)[C@@H]3CCCN32)(c2ccccc2)c2ccc(OC)cc2)cc1. The normalized spacial score (nSPS) is 21.9. The number of carbonyl (C=O) groups is 1. The quantitative estimate of drug-likeness (QED) is 0.0461. The van der Waals surface area contributed by atoms with Gasteiger partial charge in [0.05, 0.1) is 51.8 Å². The van der Waals surface area contributed by atoms with Gasteiger partial charge in [-0.05, 0) is 78.4 Å². The number of methoxy groups -OCH3 is 2. The highest BCUT2D eigenvalue weighted by molar-refractivity contribution is 7.45. The second-order valence-electron chi connectivity index (χ2n) is 17.5. The van der Waals surface area contributed by atoms with Crippen LogP contribution < -0.4 is 24.3 Å². The Morgan fingerprint density at radius 2 is 1.49 bits per heavy atom. The lowest BCUT2D eigenvalue weighted by atomic mass is 9.80. The second kappa shape index (κ2) is 21.2. The molecule has 7 aromatic rings. The Morgan fingerprint density at radius 1 is 0.845 bits per heavy atom. The molecule has 2 aromatic heterocycles. The van der Waals surface area contributed by atoms with Crippen molar-refractivity contribution in [3.63, 3.8) is 0 Å². The maximum absolute atomic E-state index is 13.3. The Labute approximate surface area is 413 Å². The number of nitrogens with zero attached hydrogens (tertiary/aromatic N) is 6. The number of amides is 1. The van der Waals surface area contributed by atoms with Gasteiger partial charge < -0.3 is 37.5 Å². The van der Waals surface area contributed by atoms with Gasteiger partial charge in [-0.25, -0.2) is 9.65 Å². The number of benzene rings is 5. The molecule has 3 aliphatic rings. The molecule has 1 amide bonds. The molecular formula is C54H54N7O9P. The number of ether oxygens (including phenoxy) is 6. The van der Waals surface area contributed by atoms with Gasteiger partial charge in [0.15, 0.2) is 17.8 Å². The fraction of sp³-hybridized carbons (Fsp3) is 0.315. The van der Waals surface area contributed by atoms with Crippen LogP contribution >= 0.6 is 8.53 Å². The minimum atomic E-state index is -1.56. The fourth-order valence-corrected chi connectivity index (χ4v) is 11.8. The molecule has 0 bridgehead atoms. The Bertz CT molecular complexity index is 2900. The predicted molar refractivity (Wildman–Crippen MR) is 265 cm³/mol. The maximum Gasteiger partial charge on any atom is 0.264 e. The molecule has 5 heterocycles. The molecule has 3 fully saturated rings. The van der Waals surface area contributed by atoms with Crippen molar-refractivity contribution in [2.75, 3.05) is 45.9 Å². The lowest BCUT2D eigenvalue weighted by Crippen LogP contribution is -2.38. The molecule has 1 unspecified atom stereocenters. The monoisotopic (exact) mass is 975 g/mol. The first-order valence-corrected chi connectivity index (χ1v) is 24.8. The van der Waals surface area contributed by atoms with E-state index < -0.39 is 44.1 Å². The van der Waals surface area contributed by atoms with Gasteiger partial charge in [-0.1, -0.05) is 103 Å². The van der Waals surface area contributed by atoms with Gasteiger partial charge in [0.1, 0.15) is 47.4 Å². The lowest BCUT2D eigenvalue weighted by molar-refractivity contribution is -0.118. The topological polar surface area (TPSA) is 174 Å². The predicted octanol–water partition coefficient (Wildman–Crippen LogP) is 9.47. The fourth-order valence-electron chi connectivity index (χ4n) is 9.69. The second-order valence-corrected chi connectivity index (χ2v) is 18.9. The van der Waals surface area contributed by atoms with E-state index in [1.54, 1.807) is 37.2 Å². The Morgan fingerprint density at radius 3 is 2.15 bits per heavy atom. The number of fused-ring (bicyclic) bond motifs is 2. The minimum Gasteiger partial charge on any atom is -0.497 e. The van der Waals surface area contributed by atoms with Crippen molar-refractivity contribution in [3.05, 3.63) is 168 Å². The van der Waals surface area contributed by atoms with Crippen LogP contribution in [0.1, 0.15) is 61.1 Å². The van der Waals surface area contributed by atoms with Gasteiger partial charge in [0.2, 0.25) is 11.8 Å². The summed E-state index contributed by atoms with van der Waals surface area (Å²) in [5, 5.41) is 12.1. The summed E-state index contributed by atoms with van der Waals surface area (Å²) in [5.41, 5.74) is 2.67. The molecule has 16 nitrogen and oxygen atoms in total. The van der Waals surface area contributed by atoms with E-state index >= 15 is 0 Å². The molecule has 0 aliphatic carbocycles. The highest BCUT2D eigenvalue weighted by Crippen LogP contribution is 2.64. The Hall–Kier alpha value is -6.96. The Kier molecular flexibility index (Phi) is 14.2. The van der Waals surface area contributed by atoms with E-state index in [9.17, 15) is 10.1 Å². The Balaban J connectivity index is 1.02. The van der Waals surface area contributed by atoms with Crippen LogP contribution in [-0.4, -0.2) is 88.9 Å². The standard InChI is InChI=1S/C54H54N7O9P/c1-53(37-15-7-4-8-16-37)46-21-13-31-61(46)71(70-53)69-44-33-48(60-36-56-49-50(60)58-52(59-51(49)65-32-14-30-55)57-47(62)35-66-43-19-11-6-12-20-43)68-45(44)34-67-54(38-17-9-5-10-18-38,39-22-26-41(63-2)27-23-39)40-24-28-42(64-3)29-25-40/h4-12,15-20,22-29,36,44-46,48H,13-14,21,31-35H2,1-3H3,(H,57,58,59,62)/t44-,45+,46-,48+,53+,71?/m0/s1. The first kappa shape index (κ1) is 47.7. The van der Waals surface area contributed by atoms with Crippen molar-refractivity contribution in [2.24, 2.45) is 0 Å². The van der Waals surface area contributed by atoms with Crippen LogP contribution in [0.2, 0.25) is 0 Å². The van der Waals surface area contributed by atoms with E-state index in [-0.39, 0.29) is 44.1 Å². The average Bonchev–Trinajstić information content (AvgIpc) is 4.23. The third kappa shape index (κ3) is 9.77. The number of imidazole rings is 1. The molecule has 3 saturated heterocycles. The molecular weight excluding hydrogens is 922 g/mol. The van der Waals surface area contributed by atoms with Crippen molar-refractivity contribution in [1.82, 2.24) is 24.2 Å². The highest BCUT2D eigenvalue weighted by Gasteiger charge is 2.56. The number of hydrogen-bond acceptors (Lipinski definition) is 14. The van der Waals surface area contributed by atoms with Crippen LogP contribution in [0.3, 0.4) is 0 Å². The van der Waals surface area contributed by atoms with E-state index in [1.165, 1.54) is 0 Å². The van der Waals surface area contributed by atoms with Gasteiger partial charge in [-0.3, -0.25) is 14.7 Å². The van der Waals surface area contributed by atoms with Gasteiger partial charge in [-0.2, -0.15) is 15.2 Å². The number of nitrogens with one attached hydrogen (secondary N) is 1. The van der Waals surface area contributed by atoms with Crippen LogP contribution in [-0.2, 0) is 34.5 Å². The molecule has 5 aromatic carbocycles. The van der Waals surface area contributed by atoms with Crippen LogP contribution in [0.15, 0.2) is 146 Å². The summed E-state index contributed by atoms with van der Waals surface area (Å²) < 4.78 is 56.0. The number of anilines is 1. The molecule has 71 heavy (non-hydrogen) atoms. The number of hydrogen-bond donors (Lipinski definition) is 1. The molecule has 1 N–H and O–H groups in total. The molecule has 0 spiro atoms. The number of nitriles is 1. The van der Waals surface area contributed by atoms with Gasteiger partial charge in [0, 0.05) is 13.0 Å². The van der Waals surface area contributed by atoms with Gasteiger partial charge >= 0.3 is 0 Å². The highest BCUT2D eigenvalue weighted by atomic mass is 31.2. The van der Waals surface area contributed by atoms with E-state index in [0.29, 0.717) is 34.8 Å². The average molecular weight is 976 g/mol. The number of aromatic nitrogens is 4. The van der Waals surface area contributed by atoms with Crippen molar-refractivity contribution in [1.29, 1.82) is 5.26 Å². The number of para-hydroxylation sites is 1. The summed E-state index contributed by atoms with van der Waals surface area (Å²) >= 11 is 0. The minimum absolute atomic E-state index is 0.0340. The van der Waals surface area contributed by atoms with Gasteiger partial charge in [-0.15, -0.1) is 0 Å². The summed E-state index contributed by atoms with van der Waals surface area (Å²) in [4.78, 5) is 27.3. The summed E-state index contributed by atoms with van der Waals surface area (Å²) in [5.74, 6) is 1.54. The van der Waals surface area contributed by atoms with Crippen molar-refractivity contribution in [3.8, 4) is 29.2 Å². The smallest absolute Gasteiger partial charge is 0.264 e. The third-order valence-electron chi connectivity index (χ3n) is 13.2. The largest absolute Gasteiger partial charge is 0.497 e. The zero-order valence-corrected chi connectivity index (χ0v) is 40.5. The number of rotatable bonds is 19. The number of carbonyl (C=O) groups excluding carboxylic acids is 1. The van der Waals surface area contributed by atoms with E-state index in [0.717, 1.165) is 41.6 Å². The first-order chi connectivity index (χ1) is 34.8. The summed E-state index contributed by atoms with van der Waals surface area (Å²) in [6.07, 6.45) is 2.18. The zero-order valence-electron chi connectivity index (χ0n) is 39.6. The summed E-state index contributed by atoms with van der Waals surface area (Å²) in [7, 11) is 1.73. The molecule has 0 radical (unpaired) electrons. The molecule has 10 rings (SSSR count). The van der Waals surface area contributed by atoms with E-state index in [1.807, 2.05) is 103 Å². The lowest BCUT2D eigenvalue weighted by Gasteiger charge is -2.37. The van der Waals surface area contributed by atoms with Gasteiger partial charge in [0.25, 0.3) is 14.4 Å². The van der Waals surface area contributed by atoms with Crippen molar-refractivity contribution < 1.29 is 42.3 Å². The van der Waals surface area contributed by atoms with Crippen LogP contribution in [0.4, 0.5) is 5.95 Å². The maximum atomic E-state index is 13.3. The summed E-state index contributed by atoms with van der Waals surface area (Å²) in [6.45, 7) is 2.84. The molecule has 3 aliphatic heterocycles. The molecule has 0 saturated carbocycles. The van der Waals surface area contributed by atoms with Crippen molar-refractivity contribution in [2.45, 2.75) is 68.3 Å². The first-order valence-electron chi connectivity index (χ1n) is 23.6. The van der Waals surface area contributed by atoms with E-state index in [4.69, 9.17) is 47.4 Å².